The Hall–Kier alpha value is -1.78. The molecule has 0 aliphatic heterocycles. The first-order chi connectivity index (χ1) is 6.59. The van der Waals surface area contributed by atoms with Crippen molar-refractivity contribution in [2.75, 3.05) is 6.54 Å². The molecule has 0 saturated carbocycles. The van der Waals surface area contributed by atoms with Crippen molar-refractivity contribution >= 4 is 11.9 Å². The van der Waals surface area contributed by atoms with Gasteiger partial charge in [-0.05, 0) is 13.0 Å². The molecule has 1 aromatic rings. The minimum atomic E-state index is -0.936. The highest BCUT2D eigenvalue weighted by Gasteiger charge is 2.08. The van der Waals surface area contributed by atoms with Gasteiger partial charge in [-0.2, -0.15) is 0 Å². The van der Waals surface area contributed by atoms with Crippen LogP contribution in [0.3, 0.4) is 0 Å². The van der Waals surface area contributed by atoms with Crippen LogP contribution < -0.4 is 5.32 Å². The van der Waals surface area contributed by atoms with E-state index in [1.807, 2.05) is 0 Å². The molecule has 0 aliphatic rings. The van der Waals surface area contributed by atoms with Crippen molar-refractivity contribution in [3.63, 3.8) is 0 Å². The third-order valence-electron chi connectivity index (χ3n) is 1.62. The Morgan fingerprint density at radius 3 is 2.79 bits per heavy atom. The molecule has 0 saturated heterocycles. The van der Waals surface area contributed by atoms with Crippen LogP contribution in [0.15, 0.2) is 16.7 Å². The molecule has 0 aromatic carbocycles. The Labute approximate surface area is 80.7 Å². The maximum Gasteiger partial charge on any atom is 0.305 e. The summed E-state index contributed by atoms with van der Waals surface area (Å²) in [5.41, 5.74) is 0.410. The summed E-state index contributed by atoms with van der Waals surface area (Å²) in [5, 5.41) is 10.8. The minimum absolute atomic E-state index is 0.0808. The fourth-order valence-electron chi connectivity index (χ4n) is 0.948. The van der Waals surface area contributed by atoms with Crippen molar-refractivity contribution in [3.05, 3.63) is 23.7 Å². The molecule has 1 rings (SSSR count). The van der Waals surface area contributed by atoms with Crippen molar-refractivity contribution in [2.45, 2.75) is 13.3 Å². The van der Waals surface area contributed by atoms with Crippen molar-refractivity contribution in [1.82, 2.24) is 5.32 Å². The quantitative estimate of drug-likeness (QED) is 0.747. The molecule has 5 nitrogen and oxygen atoms in total. The van der Waals surface area contributed by atoms with E-state index in [1.165, 1.54) is 6.26 Å². The average Bonchev–Trinajstić information content (AvgIpc) is 2.51. The number of carbonyl (C=O) groups excluding carboxylic acids is 1. The second kappa shape index (κ2) is 4.45. The Morgan fingerprint density at radius 2 is 2.29 bits per heavy atom. The minimum Gasteiger partial charge on any atom is -0.481 e. The Balaban J connectivity index is 2.39. The SMILES string of the molecule is Cc1cc(C(=O)NCCC(=O)O)co1. The van der Waals surface area contributed by atoms with Gasteiger partial charge in [0.05, 0.1) is 12.0 Å². The van der Waals surface area contributed by atoms with E-state index in [2.05, 4.69) is 5.32 Å². The lowest BCUT2D eigenvalue weighted by Crippen LogP contribution is -2.25. The first-order valence-electron chi connectivity index (χ1n) is 4.14. The van der Waals surface area contributed by atoms with E-state index < -0.39 is 5.97 Å². The number of hydrogen-bond donors (Lipinski definition) is 2. The standard InChI is InChI=1S/C9H11NO4/c1-6-4-7(5-14-6)9(13)10-3-2-8(11)12/h4-5H,2-3H2,1H3,(H,10,13)(H,11,12). The van der Waals surface area contributed by atoms with Crippen LogP contribution in [0.2, 0.25) is 0 Å². The summed E-state index contributed by atoms with van der Waals surface area (Å²) in [7, 11) is 0. The van der Waals surface area contributed by atoms with Crippen LogP contribution in [0.1, 0.15) is 22.5 Å². The second-order valence-corrected chi connectivity index (χ2v) is 2.85. The van der Waals surface area contributed by atoms with Crippen LogP contribution in [0.4, 0.5) is 0 Å². The van der Waals surface area contributed by atoms with E-state index in [4.69, 9.17) is 9.52 Å². The number of hydrogen-bond acceptors (Lipinski definition) is 3. The van der Waals surface area contributed by atoms with E-state index >= 15 is 0 Å². The molecule has 0 atom stereocenters. The first-order valence-corrected chi connectivity index (χ1v) is 4.14. The second-order valence-electron chi connectivity index (χ2n) is 2.85. The summed E-state index contributed by atoms with van der Waals surface area (Å²) >= 11 is 0. The van der Waals surface area contributed by atoms with Crippen LogP contribution in [0.5, 0.6) is 0 Å². The zero-order valence-electron chi connectivity index (χ0n) is 7.74. The zero-order chi connectivity index (χ0) is 10.6. The maximum absolute atomic E-state index is 11.3. The average molecular weight is 197 g/mol. The lowest BCUT2D eigenvalue weighted by molar-refractivity contribution is -0.136. The predicted molar refractivity (Wildman–Crippen MR) is 48.0 cm³/mol. The van der Waals surface area contributed by atoms with Gasteiger partial charge in [-0.25, -0.2) is 0 Å². The van der Waals surface area contributed by atoms with Gasteiger partial charge in [-0.1, -0.05) is 0 Å². The highest BCUT2D eigenvalue weighted by atomic mass is 16.4. The lowest BCUT2D eigenvalue weighted by Gasteiger charge is -1.99. The van der Waals surface area contributed by atoms with Crippen molar-refractivity contribution in [2.24, 2.45) is 0 Å². The zero-order valence-corrected chi connectivity index (χ0v) is 7.74. The summed E-state index contributed by atoms with van der Waals surface area (Å²) in [6.07, 6.45) is 1.26. The smallest absolute Gasteiger partial charge is 0.305 e. The fourth-order valence-corrected chi connectivity index (χ4v) is 0.948. The summed E-state index contributed by atoms with van der Waals surface area (Å²) < 4.78 is 4.94. The van der Waals surface area contributed by atoms with E-state index in [9.17, 15) is 9.59 Å². The van der Waals surface area contributed by atoms with Gasteiger partial charge in [0.15, 0.2) is 0 Å². The maximum atomic E-state index is 11.3. The van der Waals surface area contributed by atoms with Gasteiger partial charge < -0.3 is 14.8 Å². The van der Waals surface area contributed by atoms with Crippen molar-refractivity contribution < 1.29 is 19.1 Å². The van der Waals surface area contributed by atoms with Crippen LogP contribution >= 0.6 is 0 Å². The van der Waals surface area contributed by atoms with Gasteiger partial charge >= 0.3 is 5.97 Å². The molecular formula is C9H11NO4. The van der Waals surface area contributed by atoms with Gasteiger partial charge in [0, 0.05) is 6.54 Å². The largest absolute Gasteiger partial charge is 0.481 e. The van der Waals surface area contributed by atoms with E-state index in [-0.39, 0.29) is 18.9 Å². The topological polar surface area (TPSA) is 79.5 Å². The van der Waals surface area contributed by atoms with E-state index in [0.29, 0.717) is 11.3 Å². The highest BCUT2D eigenvalue weighted by Crippen LogP contribution is 2.05. The predicted octanol–water partition coefficient (Wildman–Crippen LogP) is 0.793. The molecule has 0 spiro atoms. The molecule has 2 N–H and O–H groups in total. The number of aryl methyl sites for hydroxylation is 1. The molecule has 0 bridgehead atoms. The summed E-state index contributed by atoms with van der Waals surface area (Å²) in [5.74, 6) is -0.606. The molecule has 76 valence electrons. The molecule has 0 fully saturated rings. The summed E-state index contributed by atoms with van der Waals surface area (Å²) in [6, 6.07) is 1.59. The number of carboxylic acid groups (broad SMARTS) is 1. The monoisotopic (exact) mass is 197 g/mol. The lowest BCUT2D eigenvalue weighted by atomic mass is 10.3. The molecular weight excluding hydrogens is 186 g/mol. The van der Waals surface area contributed by atoms with Crippen LogP contribution in [-0.2, 0) is 4.79 Å². The highest BCUT2D eigenvalue weighted by molar-refractivity contribution is 5.94. The Bertz CT molecular complexity index is 342. The fraction of sp³-hybridized carbons (Fsp3) is 0.333. The molecule has 0 radical (unpaired) electrons. The van der Waals surface area contributed by atoms with E-state index in [1.54, 1.807) is 13.0 Å². The van der Waals surface area contributed by atoms with Gasteiger partial charge in [0.2, 0.25) is 0 Å². The Kier molecular flexibility index (Phi) is 3.28. The molecule has 0 unspecified atom stereocenters. The van der Waals surface area contributed by atoms with Gasteiger partial charge in [0.25, 0.3) is 5.91 Å². The van der Waals surface area contributed by atoms with Gasteiger partial charge in [-0.15, -0.1) is 0 Å². The third kappa shape index (κ3) is 2.93. The number of rotatable bonds is 4. The van der Waals surface area contributed by atoms with Crippen LogP contribution in [0, 0.1) is 6.92 Å². The summed E-state index contributed by atoms with van der Waals surface area (Å²) in [4.78, 5) is 21.4. The first kappa shape index (κ1) is 10.3. The number of carbonyl (C=O) groups is 2. The number of carboxylic acids is 1. The molecule has 1 aromatic heterocycles. The van der Waals surface area contributed by atoms with E-state index in [0.717, 1.165) is 0 Å². The van der Waals surface area contributed by atoms with Crippen molar-refractivity contribution in [1.29, 1.82) is 0 Å². The molecule has 5 heteroatoms. The molecule has 0 aliphatic carbocycles. The van der Waals surface area contributed by atoms with Crippen LogP contribution in [0.25, 0.3) is 0 Å². The molecule has 1 amide bonds. The number of aliphatic carboxylic acids is 1. The van der Waals surface area contributed by atoms with Gasteiger partial charge in [0.1, 0.15) is 12.0 Å². The molecule has 14 heavy (non-hydrogen) atoms. The summed E-state index contributed by atoms with van der Waals surface area (Å²) in [6.45, 7) is 1.85. The Morgan fingerprint density at radius 1 is 1.57 bits per heavy atom. The molecule has 1 heterocycles. The number of nitrogens with one attached hydrogen (secondary N) is 1. The van der Waals surface area contributed by atoms with Crippen LogP contribution in [-0.4, -0.2) is 23.5 Å². The third-order valence-corrected chi connectivity index (χ3v) is 1.62. The van der Waals surface area contributed by atoms with Crippen molar-refractivity contribution in [3.8, 4) is 0 Å². The van der Waals surface area contributed by atoms with Gasteiger partial charge in [-0.3, -0.25) is 9.59 Å². The number of amides is 1. The normalized spacial score (nSPS) is 9.79. The number of furan rings is 1.